The topological polar surface area (TPSA) is 12.4 Å². The molecule has 0 heterocycles. The number of benzene rings is 2. The molecular weight excluding hydrogens is 329 g/mol. The highest BCUT2D eigenvalue weighted by Gasteiger charge is 2.24. The van der Waals surface area contributed by atoms with Crippen LogP contribution in [0.5, 0.6) is 0 Å². The third-order valence-corrected chi connectivity index (χ3v) is 5.73. The molecule has 2 aromatic rings. The molecular formula is C22H24FNS. The van der Waals surface area contributed by atoms with E-state index in [2.05, 4.69) is 48.4 Å². The van der Waals surface area contributed by atoms with Crippen LogP contribution in [0.1, 0.15) is 51.0 Å². The zero-order valence-corrected chi connectivity index (χ0v) is 15.7. The van der Waals surface area contributed by atoms with Crippen molar-refractivity contribution in [2.75, 3.05) is 0 Å². The summed E-state index contributed by atoms with van der Waals surface area (Å²) in [6.07, 6.45) is 5.32. The van der Waals surface area contributed by atoms with Gasteiger partial charge in [0.1, 0.15) is 5.82 Å². The van der Waals surface area contributed by atoms with Crippen molar-refractivity contribution < 1.29 is 4.39 Å². The first-order valence-corrected chi connectivity index (χ1v) is 9.47. The molecule has 0 saturated heterocycles. The molecule has 0 aromatic heterocycles. The SMILES string of the molecule is CC1CCC(C(C)c2ccc(-c3ccc(N=C=S)cc3F)cc2)CC1. The van der Waals surface area contributed by atoms with Gasteiger partial charge in [-0.3, -0.25) is 0 Å². The van der Waals surface area contributed by atoms with Crippen LogP contribution in [0, 0.1) is 17.7 Å². The number of isothiocyanates is 1. The molecule has 0 radical (unpaired) electrons. The van der Waals surface area contributed by atoms with E-state index in [9.17, 15) is 4.39 Å². The van der Waals surface area contributed by atoms with Crippen molar-refractivity contribution in [3.05, 3.63) is 53.8 Å². The minimum atomic E-state index is -0.284. The fourth-order valence-electron chi connectivity index (χ4n) is 3.88. The maximum Gasteiger partial charge on any atom is 0.133 e. The van der Waals surface area contributed by atoms with Gasteiger partial charge < -0.3 is 0 Å². The maximum absolute atomic E-state index is 14.3. The van der Waals surface area contributed by atoms with E-state index >= 15 is 0 Å². The van der Waals surface area contributed by atoms with Gasteiger partial charge >= 0.3 is 0 Å². The lowest BCUT2D eigenvalue weighted by molar-refractivity contribution is 0.261. The Morgan fingerprint density at radius 2 is 1.76 bits per heavy atom. The molecule has 0 spiro atoms. The van der Waals surface area contributed by atoms with Gasteiger partial charge in [0.25, 0.3) is 0 Å². The number of halogens is 1. The highest BCUT2D eigenvalue weighted by Crippen LogP contribution is 2.38. The molecule has 2 aromatic carbocycles. The Hall–Kier alpha value is -1.83. The van der Waals surface area contributed by atoms with Gasteiger partial charge in [-0.2, -0.15) is 4.99 Å². The van der Waals surface area contributed by atoms with E-state index in [4.69, 9.17) is 0 Å². The molecule has 1 atom stereocenters. The number of nitrogens with zero attached hydrogens (tertiary/aromatic N) is 1. The predicted octanol–water partition coefficient (Wildman–Crippen LogP) is 7.16. The third kappa shape index (κ3) is 4.23. The molecule has 1 nitrogen and oxygen atoms in total. The van der Waals surface area contributed by atoms with Crippen LogP contribution in [-0.4, -0.2) is 5.16 Å². The fourth-order valence-corrected chi connectivity index (χ4v) is 3.99. The van der Waals surface area contributed by atoms with Crippen molar-refractivity contribution in [2.45, 2.75) is 45.4 Å². The number of aliphatic imine (C=N–C) groups is 1. The molecule has 130 valence electrons. The second kappa shape index (κ2) is 8.03. The van der Waals surface area contributed by atoms with Crippen molar-refractivity contribution in [1.29, 1.82) is 0 Å². The van der Waals surface area contributed by atoms with E-state index in [-0.39, 0.29) is 5.82 Å². The summed E-state index contributed by atoms with van der Waals surface area (Å²) in [5.74, 6) is 1.92. The molecule has 0 N–H and O–H groups in total. The highest BCUT2D eigenvalue weighted by molar-refractivity contribution is 7.78. The Morgan fingerprint density at radius 3 is 2.36 bits per heavy atom. The molecule has 1 aliphatic rings. The van der Waals surface area contributed by atoms with Crippen molar-refractivity contribution in [3.8, 4) is 11.1 Å². The van der Waals surface area contributed by atoms with Crippen LogP contribution in [0.3, 0.4) is 0 Å². The van der Waals surface area contributed by atoms with Gasteiger partial charge in [0, 0.05) is 11.6 Å². The summed E-state index contributed by atoms with van der Waals surface area (Å²) in [4.78, 5) is 3.82. The summed E-state index contributed by atoms with van der Waals surface area (Å²) in [6.45, 7) is 4.68. The molecule has 0 amide bonds. The van der Waals surface area contributed by atoms with E-state index < -0.39 is 0 Å². The monoisotopic (exact) mass is 353 g/mol. The maximum atomic E-state index is 14.3. The molecule has 25 heavy (non-hydrogen) atoms. The van der Waals surface area contributed by atoms with Crippen molar-refractivity contribution >= 4 is 23.1 Å². The Labute approximate surface area is 155 Å². The summed E-state index contributed by atoms with van der Waals surface area (Å²) in [5.41, 5.74) is 3.33. The van der Waals surface area contributed by atoms with E-state index in [1.165, 1.54) is 37.3 Å². The van der Waals surface area contributed by atoms with E-state index in [0.717, 1.165) is 17.4 Å². The van der Waals surface area contributed by atoms with Crippen LogP contribution in [0.25, 0.3) is 11.1 Å². The van der Waals surface area contributed by atoms with Gasteiger partial charge in [0.05, 0.1) is 10.8 Å². The van der Waals surface area contributed by atoms with Gasteiger partial charge in [0.2, 0.25) is 0 Å². The quantitative estimate of drug-likeness (QED) is 0.420. The molecule has 0 aliphatic heterocycles. The zero-order chi connectivity index (χ0) is 17.8. The number of thiocarbonyl (C=S) groups is 1. The lowest BCUT2D eigenvalue weighted by Gasteiger charge is -2.31. The van der Waals surface area contributed by atoms with Gasteiger partial charge in [-0.25, -0.2) is 4.39 Å². The predicted molar refractivity (Wildman–Crippen MR) is 106 cm³/mol. The number of hydrogen-bond donors (Lipinski definition) is 0. The molecule has 3 rings (SSSR count). The largest absolute Gasteiger partial charge is 0.206 e. The van der Waals surface area contributed by atoms with Crippen LogP contribution in [0.4, 0.5) is 10.1 Å². The molecule has 1 aliphatic carbocycles. The Bertz CT molecular complexity index is 769. The first kappa shape index (κ1) is 18.0. The van der Waals surface area contributed by atoms with Crippen LogP contribution in [0.15, 0.2) is 47.5 Å². The van der Waals surface area contributed by atoms with Gasteiger partial charge in [-0.1, -0.05) is 51.0 Å². The standard InChI is InChI=1S/C22H24FNS/c1-15-3-5-17(6-4-15)16(2)18-7-9-19(10-8-18)21-12-11-20(24-14-25)13-22(21)23/h7-13,15-17H,3-6H2,1-2H3. The van der Waals surface area contributed by atoms with Crippen molar-refractivity contribution in [3.63, 3.8) is 0 Å². The Balaban J connectivity index is 1.77. The van der Waals surface area contributed by atoms with Crippen LogP contribution in [0.2, 0.25) is 0 Å². The first-order valence-electron chi connectivity index (χ1n) is 9.06. The third-order valence-electron chi connectivity index (χ3n) is 5.64. The lowest BCUT2D eigenvalue weighted by atomic mass is 9.74. The molecule has 3 heteroatoms. The fraction of sp³-hybridized carbons (Fsp3) is 0.409. The lowest BCUT2D eigenvalue weighted by Crippen LogP contribution is -2.17. The normalized spacial score (nSPS) is 21.4. The molecule has 0 bridgehead atoms. The van der Waals surface area contributed by atoms with E-state index in [1.54, 1.807) is 12.1 Å². The Kier molecular flexibility index (Phi) is 5.78. The summed E-state index contributed by atoms with van der Waals surface area (Å²) in [7, 11) is 0. The highest BCUT2D eigenvalue weighted by atomic mass is 32.1. The number of rotatable bonds is 4. The van der Waals surface area contributed by atoms with Gasteiger partial charge in [-0.15, -0.1) is 0 Å². The minimum Gasteiger partial charge on any atom is -0.206 e. The van der Waals surface area contributed by atoms with Crippen molar-refractivity contribution in [1.82, 2.24) is 0 Å². The van der Waals surface area contributed by atoms with Gasteiger partial charge in [0.15, 0.2) is 0 Å². The van der Waals surface area contributed by atoms with Crippen LogP contribution >= 0.6 is 12.2 Å². The first-order chi connectivity index (χ1) is 12.1. The van der Waals surface area contributed by atoms with E-state index in [0.29, 0.717) is 17.2 Å². The minimum absolute atomic E-state index is 0.284. The molecule has 1 unspecified atom stereocenters. The average Bonchev–Trinajstić information content (AvgIpc) is 2.62. The van der Waals surface area contributed by atoms with Crippen LogP contribution < -0.4 is 0 Å². The summed E-state index contributed by atoms with van der Waals surface area (Å²) < 4.78 is 14.3. The van der Waals surface area contributed by atoms with E-state index in [1.807, 2.05) is 12.1 Å². The van der Waals surface area contributed by atoms with Gasteiger partial charge in [-0.05, 0) is 66.1 Å². The zero-order valence-electron chi connectivity index (χ0n) is 14.8. The van der Waals surface area contributed by atoms with Crippen LogP contribution in [-0.2, 0) is 0 Å². The molecule has 1 saturated carbocycles. The molecule has 1 fully saturated rings. The second-order valence-electron chi connectivity index (χ2n) is 7.30. The summed E-state index contributed by atoms with van der Waals surface area (Å²) in [5, 5.41) is 2.27. The Morgan fingerprint density at radius 1 is 1.08 bits per heavy atom. The average molecular weight is 354 g/mol. The van der Waals surface area contributed by atoms with Crippen molar-refractivity contribution in [2.24, 2.45) is 16.8 Å². The second-order valence-corrected chi connectivity index (χ2v) is 7.48. The summed E-state index contributed by atoms with van der Waals surface area (Å²) >= 11 is 4.56. The number of hydrogen-bond acceptors (Lipinski definition) is 2. The smallest absolute Gasteiger partial charge is 0.133 e. The summed E-state index contributed by atoms with van der Waals surface area (Å²) in [6, 6.07) is 13.3.